The summed E-state index contributed by atoms with van der Waals surface area (Å²) in [6.07, 6.45) is 21.7. The maximum absolute atomic E-state index is 11.0. The van der Waals surface area contributed by atoms with Crippen LogP contribution in [0.1, 0.15) is 103 Å². The Kier molecular flexibility index (Phi) is 17.2. The van der Waals surface area contributed by atoms with Gasteiger partial charge in [0.05, 0.1) is 27.7 Å². The van der Waals surface area contributed by atoms with Gasteiger partial charge in [0, 0.05) is 0 Å². The second-order valence-electron chi connectivity index (χ2n) is 9.75. The maximum atomic E-state index is 11.0. The number of nitrogens with zero attached hydrogens (tertiary/aromatic N) is 1. The monoisotopic (exact) mass is 428 g/mol. The summed E-state index contributed by atoms with van der Waals surface area (Å²) in [5, 5.41) is 19.6. The minimum Gasteiger partial charge on any atom is -0.481 e. The van der Waals surface area contributed by atoms with E-state index in [4.69, 9.17) is 9.84 Å². The molecule has 30 heavy (non-hydrogen) atoms. The Hall–Kier alpha value is -0.910. The first kappa shape index (κ1) is 29.1. The summed E-state index contributed by atoms with van der Waals surface area (Å²) in [5.74, 6) is -2.63. The Morgan fingerprint density at radius 2 is 1.30 bits per heavy atom. The standard InChI is InChI=1S/C25H49NO4/c1-5-6-7-8-9-10-11-12-13-14-15-16-17-18-19-20-21-30-25(29,22-24(27)28)23-26(2,3)4/h12-13,29H,5-11,14-23H2,1-4H3/p+1/t25-/m1/s1. The lowest BCUT2D eigenvalue weighted by atomic mass is 10.1. The van der Waals surface area contributed by atoms with Gasteiger partial charge < -0.3 is 19.4 Å². The van der Waals surface area contributed by atoms with Crippen LogP contribution in [-0.2, 0) is 9.53 Å². The van der Waals surface area contributed by atoms with Crippen molar-refractivity contribution in [2.24, 2.45) is 0 Å². The van der Waals surface area contributed by atoms with E-state index < -0.39 is 11.8 Å². The highest BCUT2D eigenvalue weighted by Gasteiger charge is 2.37. The van der Waals surface area contributed by atoms with Crippen molar-refractivity contribution in [3.05, 3.63) is 12.2 Å². The van der Waals surface area contributed by atoms with Gasteiger partial charge >= 0.3 is 5.97 Å². The normalized spacial score (nSPS) is 14.3. The van der Waals surface area contributed by atoms with Gasteiger partial charge in [0.2, 0.25) is 5.79 Å². The molecule has 1 atom stereocenters. The molecule has 0 saturated carbocycles. The summed E-state index contributed by atoms with van der Waals surface area (Å²) >= 11 is 0. The van der Waals surface area contributed by atoms with Gasteiger partial charge in [0.1, 0.15) is 13.0 Å². The zero-order valence-electron chi connectivity index (χ0n) is 20.3. The van der Waals surface area contributed by atoms with E-state index in [-0.39, 0.29) is 13.0 Å². The highest BCUT2D eigenvalue weighted by atomic mass is 16.6. The second-order valence-corrected chi connectivity index (χ2v) is 9.75. The van der Waals surface area contributed by atoms with Gasteiger partial charge in [-0.15, -0.1) is 0 Å². The van der Waals surface area contributed by atoms with Crippen molar-refractivity contribution in [1.82, 2.24) is 0 Å². The van der Waals surface area contributed by atoms with Crippen LogP contribution in [0.25, 0.3) is 0 Å². The molecule has 2 N–H and O–H groups in total. The number of quaternary nitrogens is 1. The van der Waals surface area contributed by atoms with Crippen LogP contribution in [0.3, 0.4) is 0 Å². The van der Waals surface area contributed by atoms with Gasteiger partial charge in [-0.1, -0.05) is 76.9 Å². The van der Waals surface area contributed by atoms with Gasteiger partial charge in [-0.2, -0.15) is 0 Å². The molecule has 0 aliphatic heterocycles. The minimum atomic E-state index is -1.59. The summed E-state index contributed by atoms with van der Waals surface area (Å²) in [7, 11) is 5.75. The highest BCUT2D eigenvalue weighted by molar-refractivity contribution is 5.67. The number of ether oxygens (including phenoxy) is 1. The van der Waals surface area contributed by atoms with E-state index in [1.165, 1.54) is 70.6 Å². The summed E-state index contributed by atoms with van der Waals surface area (Å²) in [4.78, 5) is 11.0. The molecule has 0 aliphatic carbocycles. The molecule has 0 heterocycles. The van der Waals surface area contributed by atoms with Gasteiger partial charge in [-0.05, 0) is 32.1 Å². The van der Waals surface area contributed by atoms with Gasteiger partial charge in [-0.3, -0.25) is 4.79 Å². The average molecular weight is 429 g/mol. The Morgan fingerprint density at radius 1 is 0.833 bits per heavy atom. The number of hydrogen-bond acceptors (Lipinski definition) is 3. The molecular formula is C25H50NO4+. The van der Waals surface area contributed by atoms with Crippen molar-refractivity contribution in [2.45, 2.75) is 109 Å². The molecular weight excluding hydrogens is 378 g/mol. The average Bonchev–Trinajstić information content (AvgIpc) is 2.62. The summed E-state index contributed by atoms with van der Waals surface area (Å²) in [6.45, 7) is 2.92. The van der Waals surface area contributed by atoms with Crippen molar-refractivity contribution < 1.29 is 24.2 Å². The quantitative estimate of drug-likeness (QED) is 0.103. The molecule has 0 spiro atoms. The van der Waals surface area contributed by atoms with E-state index in [0.29, 0.717) is 11.1 Å². The molecule has 5 heteroatoms. The fraction of sp³-hybridized carbons (Fsp3) is 0.880. The molecule has 0 aromatic carbocycles. The van der Waals surface area contributed by atoms with Crippen molar-refractivity contribution >= 4 is 5.97 Å². The third-order valence-corrected chi connectivity index (χ3v) is 5.18. The molecule has 0 aromatic rings. The largest absolute Gasteiger partial charge is 0.481 e. The van der Waals surface area contributed by atoms with Crippen LogP contribution in [-0.4, -0.2) is 60.7 Å². The molecule has 0 aliphatic rings. The van der Waals surface area contributed by atoms with Crippen LogP contribution in [0.5, 0.6) is 0 Å². The molecule has 0 unspecified atom stereocenters. The topological polar surface area (TPSA) is 66.8 Å². The van der Waals surface area contributed by atoms with Crippen LogP contribution >= 0.6 is 0 Å². The van der Waals surface area contributed by atoms with Crippen LogP contribution in [0.2, 0.25) is 0 Å². The SMILES string of the molecule is CCCCCCCCC=CCCCCCCCCO[C@](O)(CC(=O)O)C[N+](C)(C)C. The Labute approximate surface area is 186 Å². The molecule has 0 radical (unpaired) electrons. The predicted molar refractivity (Wildman–Crippen MR) is 126 cm³/mol. The first-order valence-corrected chi connectivity index (χ1v) is 12.2. The fourth-order valence-corrected chi connectivity index (χ4v) is 3.74. The molecule has 178 valence electrons. The lowest BCUT2D eigenvalue weighted by Gasteiger charge is -2.34. The lowest BCUT2D eigenvalue weighted by molar-refractivity contribution is -0.881. The summed E-state index contributed by atoms with van der Waals surface area (Å²) in [6, 6.07) is 0. The van der Waals surface area contributed by atoms with E-state index in [1.807, 2.05) is 21.1 Å². The molecule has 5 nitrogen and oxygen atoms in total. The fourth-order valence-electron chi connectivity index (χ4n) is 3.74. The Balaban J connectivity index is 3.61. The number of aliphatic hydroxyl groups is 1. The maximum Gasteiger partial charge on any atom is 0.309 e. The van der Waals surface area contributed by atoms with E-state index in [1.54, 1.807) is 0 Å². The van der Waals surface area contributed by atoms with Crippen molar-refractivity contribution in [1.29, 1.82) is 0 Å². The van der Waals surface area contributed by atoms with E-state index in [9.17, 15) is 9.90 Å². The number of allylic oxidation sites excluding steroid dienone is 2. The summed E-state index contributed by atoms with van der Waals surface area (Å²) in [5.41, 5.74) is 0. The Bertz CT molecular complexity index is 445. The van der Waals surface area contributed by atoms with Crippen molar-refractivity contribution in [2.75, 3.05) is 34.3 Å². The second kappa shape index (κ2) is 17.7. The highest BCUT2D eigenvalue weighted by Crippen LogP contribution is 2.18. The zero-order chi connectivity index (χ0) is 22.7. The van der Waals surface area contributed by atoms with E-state index in [0.717, 1.165) is 19.3 Å². The first-order valence-electron chi connectivity index (χ1n) is 12.2. The number of carboxylic acids is 1. The van der Waals surface area contributed by atoms with Crippen LogP contribution in [0.4, 0.5) is 0 Å². The number of carboxylic acid groups (broad SMARTS) is 1. The number of unbranched alkanes of at least 4 members (excludes halogenated alkanes) is 12. The third kappa shape index (κ3) is 20.4. The molecule has 0 aromatic heterocycles. The van der Waals surface area contributed by atoms with Gasteiger partial charge in [-0.25, -0.2) is 0 Å². The Morgan fingerprint density at radius 3 is 1.77 bits per heavy atom. The molecule has 0 amide bonds. The van der Waals surface area contributed by atoms with Crippen LogP contribution in [0, 0.1) is 0 Å². The number of rotatable bonds is 21. The lowest BCUT2D eigenvalue weighted by Crippen LogP contribution is -2.52. The zero-order valence-corrected chi connectivity index (χ0v) is 20.3. The first-order chi connectivity index (χ1) is 14.2. The van der Waals surface area contributed by atoms with Crippen molar-refractivity contribution in [3.63, 3.8) is 0 Å². The van der Waals surface area contributed by atoms with E-state index >= 15 is 0 Å². The van der Waals surface area contributed by atoms with Crippen LogP contribution < -0.4 is 0 Å². The predicted octanol–water partition coefficient (Wildman–Crippen LogP) is 5.91. The molecule has 0 bridgehead atoms. The third-order valence-electron chi connectivity index (χ3n) is 5.18. The number of hydrogen-bond donors (Lipinski definition) is 2. The molecule has 0 fully saturated rings. The van der Waals surface area contributed by atoms with Crippen LogP contribution in [0.15, 0.2) is 12.2 Å². The smallest absolute Gasteiger partial charge is 0.309 e. The van der Waals surface area contributed by atoms with Gasteiger partial charge in [0.15, 0.2) is 0 Å². The molecule has 0 rings (SSSR count). The summed E-state index contributed by atoms with van der Waals surface area (Å²) < 4.78 is 6.04. The van der Waals surface area contributed by atoms with Gasteiger partial charge in [0.25, 0.3) is 0 Å². The van der Waals surface area contributed by atoms with E-state index in [2.05, 4.69) is 19.1 Å². The number of likely N-dealkylation sites (N-methyl/N-ethyl adjacent to an activating group) is 1. The number of carbonyl (C=O) groups is 1. The number of aliphatic carboxylic acids is 1. The minimum absolute atomic E-state index is 0.256. The molecule has 0 saturated heterocycles. The van der Waals surface area contributed by atoms with Crippen molar-refractivity contribution in [3.8, 4) is 0 Å².